The quantitative estimate of drug-likeness (QED) is 0.768. The van der Waals surface area contributed by atoms with Gasteiger partial charge in [-0.15, -0.1) is 0 Å². The minimum atomic E-state index is -0.0292. The molecular weight excluding hydrogens is 310 g/mol. The Kier molecular flexibility index (Phi) is 3.14. The molecule has 0 bridgehead atoms. The van der Waals surface area contributed by atoms with Gasteiger partial charge in [0.15, 0.2) is 0 Å². The zero-order valence-electron chi connectivity index (χ0n) is 14.3. The predicted octanol–water partition coefficient (Wildman–Crippen LogP) is 4.10. The fourth-order valence-electron chi connectivity index (χ4n) is 4.43. The maximum Gasteiger partial charge on any atom is 0.257 e. The normalized spacial score (nSPS) is 18.9. The Morgan fingerprint density at radius 1 is 1.12 bits per heavy atom. The molecule has 1 N–H and O–H groups in total. The lowest BCUT2D eigenvalue weighted by atomic mass is 9.95. The fraction of sp³-hybridized carbons (Fsp3) is 0.286. The summed E-state index contributed by atoms with van der Waals surface area (Å²) in [6, 6.07) is 16.5. The van der Waals surface area contributed by atoms with Crippen molar-refractivity contribution in [2.45, 2.75) is 25.9 Å². The molecule has 126 valence electrons. The van der Waals surface area contributed by atoms with Crippen molar-refractivity contribution in [1.82, 2.24) is 9.88 Å². The van der Waals surface area contributed by atoms with Gasteiger partial charge in [0.2, 0.25) is 0 Å². The number of aromatic nitrogens is 1. The standard InChI is InChI=1S/C21H21N3O/c1-2-12-23-18-10-6-4-8-16(18)21(25)24-13-11-15-14-7-3-5-9-17(14)22-19(15)20(23)24/h3-10,20,22H,2,11-13H2,1H3/t20-/m0/s1. The van der Waals surface area contributed by atoms with Gasteiger partial charge in [-0.3, -0.25) is 4.79 Å². The topological polar surface area (TPSA) is 39.3 Å². The molecule has 2 aliphatic heterocycles. The number of carbonyl (C=O) groups is 1. The van der Waals surface area contributed by atoms with Crippen molar-refractivity contribution in [3.05, 3.63) is 65.4 Å². The first-order valence-electron chi connectivity index (χ1n) is 9.05. The zero-order chi connectivity index (χ0) is 17.0. The van der Waals surface area contributed by atoms with Gasteiger partial charge in [-0.25, -0.2) is 0 Å². The molecule has 0 aliphatic carbocycles. The van der Waals surface area contributed by atoms with Crippen LogP contribution in [0.25, 0.3) is 10.9 Å². The molecule has 0 radical (unpaired) electrons. The molecule has 0 unspecified atom stereocenters. The van der Waals surface area contributed by atoms with Crippen LogP contribution in [0, 0.1) is 0 Å². The summed E-state index contributed by atoms with van der Waals surface area (Å²) in [5.74, 6) is 0.150. The van der Waals surface area contributed by atoms with Gasteiger partial charge in [-0.1, -0.05) is 37.3 Å². The van der Waals surface area contributed by atoms with Crippen LogP contribution >= 0.6 is 0 Å². The number of anilines is 1. The third-order valence-electron chi connectivity index (χ3n) is 5.47. The molecule has 2 aliphatic rings. The molecule has 0 saturated heterocycles. The van der Waals surface area contributed by atoms with Crippen molar-refractivity contribution in [2.24, 2.45) is 0 Å². The molecule has 1 aromatic heterocycles. The van der Waals surface area contributed by atoms with Crippen LogP contribution in [0.3, 0.4) is 0 Å². The zero-order valence-corrected chi connectivity index (χ0v) is 14.3. The molecule has 3 aromatic rings. The molecule has 0 fully saturated rings. The maximum atomic E-state index is 13.1. The molecule has 1 atom stereocenters. The fourth-order valence-corrected chi connectivity index (χ4v) is 4.43. The molecule has 0 saturated carbocycles. The summed E-state index contributed by atoms with van der Waals surface area (Å²) in [6.07, 6.45) is 1.92. The minimum Gasteiger partial charge on any atom is -0.355 e. The monoisotopic (exact) mass is 331 g/mol. The molecule has 1 amide bonds. The van der Waals surface area contributed by atoms with Crippen LogP contribution < -0.4 is 4.90 Å². The molecular formula is C21H21N3O. The molecule has 5 rings (SSSR count). The van der Waals surface area contributed by atoms with E-state index < -0.39 is 0 Å². The lowest BCUT2D eigenvalue weighted by Crippen LogP contribution is -2.52. The molecule has 3 heterocycles. The van der Waals surface area contributed by atoms with Crippen LogP contribution in [0.15, 0.2) is 48.5 Å². The van der Waals surface area contributed by atoms with Crippen LogP contribution in [0.5, 0.6) is 0 Å². The average molecular weight is 331 g/mol. The average Bonchev–Trinajstić information content (AvgIpc) is 3.03. The number of nitrogens with one attached hydrogen (secondary N) is 1. The van der Waals surface area contributed by atoms with Gasteiger partial charge in [-0.05, 0) is 36.6 Å². The number of nitrogens with zero attached hydrogens (tertiary/aromatic N) is 2. The number of fused-ring (bicyclic) bond motifs is 6. The van der Waals surface area contributed by atoms with E-state index >= 15 is 0 Å². The van der Waals surface area contributed by atoms with E-state index in [9.17, 15) is 4.79 Å². The smallest absolute Gasteiger partial charge is 0.257 e. The second kappa shape index (κ2) is 5.38. The van der Waals surface area contributed by atoms with Gasteiger partial charge in [0.1, 0.15) is 6.17 Å². The second-order valence-corrected chi connectivity index (χ2v) is 6.90. The van der Waals surface area contributed by atoms with Crippen molar-refractivity contribution >= 4 is 22.5 Å². The predicted molar refractivity (Wildman–Crippen MR) is 99.9 cm³/mol. The molecule has 4 heteroatoms. The van der Waals surface area contributed by atoms with Crippen molar-refractivity contribution in [3.63, 3.8) is 0 Å². The number of benzene rings is 2. The highest BCUT2D eigenvalue weighted by Crippen LogP contribution is 2.43. The van der Waals surface area contributed by atoms with E-state index in [1.165, 1.54) is 16.6 Å². The van der Waals surface area contributed by atoms with Crippen LogP contribution in [0.4, 0.5) is 5.69 Å². The second-order valence-electron chi connectivity index (χ2n) is 6.90. The first-order valence-corrected chi connectivity index (χ1v) is 9.05. The minimum absolute atomic E-state index is 0.0292. The summed E-state index contributed by atoms with van der Waals surface area (Å²) in [4.78, 5) is 21.2. The lowest BCUT2D eigenvalue weighted by Gasteiger charge is -2.47. The highest BCUT2D eigenvalue weighted by molar-refractivity contribution is 6.02. The first kappa shape index (κ1) is 14.6. The Morgan fingerprint density at radius 2 is 1.92 bits per heavy atom. The Morgan fingerprint density at radius 3 is 2.80 bits per heavy atom. The van der Waals surface area contributed by atoms with Gasteiger partial charge in [0.05, 0.1) is 16.9 Å². The van der Waals surface area contributed by atoms with E-state index in [-0.39, 0.29) is 12.1 Å². The Labute approximate surface area is 147 Å². The number of amides is 1. The largest absolute Gasteiger partial charge is 0.355 e. The van der Waals surface area contributed by atoms with E-state index in [2.05, 4.69) is 47.1 Å². The van der Waals surface area contributed by atoms with E-state index in [0.717, 1.165) is 42.7 Å². The molecule has 4 nitrogen and oxygen atoms in total. The highest BCUT2D eigenvalue weighted by Gasteiger charge is 2.42. The van der Waals surface area contributed by atoms with Crippen LogP contribution in [-0.4, -0.2) is 28.9 Å². The Bertz CT molecular complexity index is 974. The van der Waals surface area contributed by atoms with Gasteiger partial charge >= 0.3 is 0 Å². The summed E-state index contributed by atoms with van der Waals surface area (Å²) >= 11 is 0. The van der Waals surface area contributed by atoms with E-state index in [1.54, 1.807) is 0 Å². The Hall–Kier alpha value is -2.75. The Balaban J connectivity index is 1.74. The lowest BCUT2D eigenvalue weighted by molar-refractivity contribution is 0.0627. The third kappa shape index (κ3) is 1.97. The van der Waals surface area contributed by atoms with Crippen molar-refractivity contribution in [2.75, 3.05) is 18.0 Å². The summed E-state index contributed by atoms with van der Waals surface area (Å²) < 4.78 is 0. The highest BCUT2D eigenvalue weighted by atomic mass is 16.2. The maximum absolute atomic E-state index is 13.1. The summed E-state index contributed by atoms with van der Waals surface area (Å²) in [7, 11) is 0. The number of rotatable bonds is 2. The van der Waals surface area contributed by atoms with Gasteiger partial charge < -0.3 is 14.8 Å². The number of H-pyrrole nitrogens is 1. The van der Waals surface area contributed by atoms with E-state index in [4.69, 9.17) is 0 Å². The number of hydrogen-bond acceptors (Lipinski definition) is 2. The molecule has 2 aromatic carbocycles. The van der Waals surface area contributed by atoms with Crippen LogP contribution in [0.2, 0.25) is 0 Å². The number of aromatic amines is 1. The van der Waals surface area contributed by atoms with E-state index in [0.29, 0.717) is 0 Å². The van der Waals surface area contributed by atoms with Gasteiger partial charge in [0, 0.05) is 24.0 Å². The first-order chi connectivity index (χ1) is 12.3. The summed E-state index contributed by atoms with van der Waals surface area (Å²) in [5, 5.41) is 1.29. The number of para-hydroxylation sites is 2. The van der Waals surface area contributed by atoms with Gasteiger partial charge in [0.25, 0.3) is 5.91 Å². The van der Waals surface area contributed by atoms with Crippen molar-refractivity contribution < 1.29 is 4.79 Å². The van der Waals surface area contributed by atoms with Crippen LogP contribution in [0.1, 0.15) is 41.1 Å². The number of hydrogen-bond donors (Lipinski definition) is 1. The summed E-state index contributed by atoms with van der Waals surface area (Å²) in [6.45, 7) is 3.89. The summed E-state index contributed by atoms with van der Waals surface area (Å²) in [5.41, 5.74) is 5.60. The van der Waals surface area contributed by atoms with Crippen molar-refractivity contribution in [3.8, 4) is 0 Å². The van der Waals surface area contributed by atoms with Crippen molar-refractivity contribution in [1.29, 1.82) is 0 Å². The number of carbonyl (C=O) groups excluding carboxylic acids is 1. The van der Waals surface area contributed by atoms with Crippen LogP contribution in [-0.2, 0) is 6.42 Å². The molecule has 0 spiro atoms. The third-order valence-corrected chi connectivity index (χ3v) is 5.47. The van der Waals surface area contributed by atoms with Gasteiger partial charge in [-0.2, -0.15) is 0 Å². The van der Waals surface area contributed by atoms with E-state index in [1.807, 2.05) is 23.1 Å². The molecule has 25 heavy (non-hydrogen) atoms. The SMILES string of the molecule is CCCN1c2ccccc2C(=O)N2CCc3c([nH]c4ccccc34)[C@H]21.